The van der Waals surface area contributed by atoms with E-state index in [1.807, 2.05) is 24.6 Å². The number of hydrogen-bond donors (Lipinski definition) is 1. The minimum Gasteiger partial charge on any atom is -0.385 e. The smallest absolute Gasteiger partial charge is 0.137 e. The zero-order valence-electron chi connectivity index (χ0n) is 9.52. The van der Waals surface area contributed by atoms with Gasteiger partial charge in [-0.25, -0.2) is 4.98 Å². The van der Waals surface area contributed by atoms with Crippen molar-refractivity contribution in [2.45, 2.75) is 39.3 Å². The summed E-state index contributed by atoms with van der Waals surface area (Å²) in [5, 5.41) is 9.88. The van der Waals surface area contributed by atoms with Crippen molar-refractivity contribution in [2.24, 2.45) is 0 Å². The Morgan fingerprint density at radius 2 is 2.33 bits per heavy atom. The molecule has 0 aliphatic heterocycles. The first-order valence-electron chi connectivity index (χ1n) is 5.56. The molecule has 0 saturated carbocycles. The van der Waals surface area contributed by atoms with E-state index in [-0.39, 0.29) is 0 Å². The summed E-state index contributed by atoms with van der Waals surface area (Å²) in [7, 11) is 0. The average Bonchev–Trinajstić information content (AvgIpc) is 2.72. The Balaban J connectivity index is 2.36. The van der Waals surface area contributed by atoms with E-state index in [4.69, 9.17) is 4.74 Å². The first-order chi connectivity index (χ1) is 7.29. The lowest BCUT2D eigenvalue weighted by Crippen LogP contribution is -2.08. The van der Waals surface area contributed by atoms with E-state index in [2.05, 4.69) is 4.98 Å². The number of nitrogens with zero attached hydrogens (tertiary/aromatic N) is 2. The second kappa shape index (κ2) is 6.58. The summed E-state index contributed by atoms with van der Waals surface area (Å²) in [4.78, 5) is 4.16. The molecule has 15 heavy (non-hydrogen) atoms. The number of aliphatic hydroxyl groups is 1. The normalized spacial score (nSPS) is 13.0. The minimum absolute atomic E-state index is 0.472. The van der Waals surface area contributed by atoms with E-state index >= 15 is 0 Å². The number of rotatable bonds is 7. The van der Waals surface area contributed by atoms with Crippen LogP contribution in [0.2, 0.25) is 0 Å². The fourth-order valence-electron chi connectivity index (χ4n) is 1.54. The van der Waals surface area contributed by atoms with Crippen LogP contribution in [0.15, 0.2) is 12.4 Å². The van der Waals surface area contributed by atoms with Crippen molar-refractivity contribution in [1.82, 2.24) is 9.55 Å². The number of aryl methyl sites for hydroxylation is 1. The van der Waals surface area contributed by atoms with E-state index in [0.717, 1.165) is 25.4 Å². The van der Waals surface area contributed by atoms with Crippen LogP contribution in [0.5, 0.6) is 0 Å². The molecule has 4 nitrogen and oxygen atoms in total. The number of ether oxygens (including phenoxy) is 1. The van der Waals surface area contributed by atoms with Gasteiger partial charge < -0.3 is 14.4 Å². The molecule has 0 bridgehead atoms. The van der Waals surface area contributed by atoms with Gasteiger partial charge in [0.2, 0.25) is 0 Å². The molecule has 0 aromatic carbocycles. The van der Waals surface area contributed by atoms with E-state index in [0.29, 0.717) is 13.0 Å². The molecule has 0 radical (unpaired) electrons. The van der Waals surface area contributed by atoms with Crippen molar-refractivity contribution in [3.05, 3.63) is 18.2 Å². The van der Waals surface area contributed by atoms with Crippen LogP contribution in [0.3, 0.4) is 0 Å². The molecular formula is C11H20N2O2. The molecule has 1 unspecified atom stereocenters. The Morgan fingerprint density at radius 1 is 1.53 bits per heavy atom. The van der Waals surface area contributed by atoms with Gasteiger partial charge in [-0.15, -0.1) is 0 Å². The van der Waals surface area contributed by atoms with Gasteiger partial charge in [0.25, 0.3) is 0 Å². The van der Waals surface area contributed by atoms with Crippen molar-refractivity contribution < 1.29 is 9.84 Å². The molecule has 1 atom stereocenters. The van der Waals surface area contributed by atoms with Gasteiger partial charge in [-0.3, -0.25) is 0 Å². The summed E-state index contributed by atoms with van der Waals surface area (Å²) in [5.74, 6) is 0.758. The molecule has 0 amide bonds. The lowest BCUT2D eigenvalue weighted by molar-refractivity contribution is 0.109. The molecule has 4 heteroatoms. The Morgan fingerprint density at radius 3 is 3.00 bits per heavy atom. The lowest BCUT2D eigenvalue weighted by atomic mass is 10.2. The molecule has 0 spiro atoms. The summed E-state index contributed by atoms with van der Waals surface area (Å²) in [6, 6.07) is 0. The SMILES string of the molecule is CCOCCCC(O)c1nccn1CC. The summed E-state index contributed by atoms with van der Waals surface area (Å²) in [6.07, 6.45) is 4.72. The van der Waals surface area contributed by atoms with E-state index in [9.17, 15) is 5.11 Å². The zero-order valence-corrected chi connectivity index (χ0v) is 9.52. The summed E-state index contributed by atoms with van der Waals surface area (Å²) in [5.41, 5.74) is 0. The third kappa shape index (κ3) is 3.64. The van der Waals surface area contributed by atoms with Crippen molar-refractivity contribution >= 4 is 0 Å². The van der Waals surface area contributed by atoms with Gasteiger partial charge in [-0.05, 0) is 26.7 Å². The second-order valence-corrected chi connectivity index (χ2v) is 3.43. The minimum atomic E-state index is -0.472. The Kier molecular flexibility index (Phi) is 5.36. The highest BCUT2D eigenvalue weighted by Gasteiger charge is 2.12. The van der Waals surface area contributed by atoms with Crippen LogP contribution in [-0.2, 0) is 11.3 Å². The highest BCUT2D eigenvalue weighted by Crippen LogP contribution is 2.16. The fourth-order valence-corrected chi connectivity index (χ4v) is 1.54. The van der Waals surface area contributed by atoms with E-state index in [1.54, 1.807) is 6.20 Å². The van der Waals surface area contributed by atoms with Crippen LogP contribution in [0.25, 0.3) is 0 Å². The molecule has 1 aromatic heterocycles. The maximum absolute atomic E-state index is 9.88. The quantitative estimate of drug-likeness (QED) is 0.700. The number of aromatic nitrogens is 2. The lowest BCUT2D eigenvalue weighted by Gasteiger charge is -2.11. The Hall–Kier alpha value is -0.870. The van der Waals surface area contributed by atoms with Gasteiger partial charge in [0.15, 0.2) is 0 Å². The highest BCUT2D eigenvalue weighted by molar-refractivity contribution is 4.96. The van der Waals surface area contributed by atoms with E-state index < -0.39 is 6.10 Å². The molecular weight excluding hydrogens is 192 g/mol. The summed E-state index contributed by atoms with van der Waals surface area (Å²) in [6.45, 7) is 6.30. The number of aliphatic hydroxyl groups excluding tert-OH is 1. The van der Waals surface area contributed by atoms with Crippen LogP contribution in [-0.4, -0.2) is 27.9 Å². The molecule has 1 aromatic rings. The van der Waals surface area contributed by atoms with Crippen molar-refractivity contribution in [3.63, 3.8) is 0 Å². The van der Waals surface area contributed by atoms with Crippen molar-refractivity contribution in [2.75, 3.05) is 13.2 Å². The van der Waals surface area contributed by atoms with Gasteiger partial charge in [0.1, 0.15) is 11.9 Å². The topological polar surface area (TPSA) is 47.3 Å². The van der Waals surface area contributed by atoms with Gasteiger partial charge in [-0.1, -0.05) is 0 Å². The van der Waals surface area contributed by atoms with Crippen molar-refractivity contribution in [1.29, 1.82) is 0 Å². The van der Waals surface area contributed by atoms with Crippen LogP contribution in [0, 0.1) is 0 Å². The third-order valence-corrected chi connectivity index (χ3v) is 2.36. The predicted octanol–water partition coefficient (Wildman–Crippen LogP) is 1.75. The van der Waals surface area contributed by atoms with Crippen LogP contribution < -0.4 is 0 Å². The molecule has 0 fully saturated rings. The summed E-state index contributed by atoms with van der Waals surface area (Å²) < 4.78 is 7.18. The molecule has 1 rings (SSSR count). The monoisotopic (exact) mass is 212 g/mol. The predicted molar refractivity (Wildman–Crippen MR) is 58.6 cm³/mol. The second-order valence-electron chi connectivity index (χ2n) is 3.43. The Labute approximate surface area is 90.9 Å². The maximum Gasteiger partial charge on any atom is 0.137 e. The molecule has 1 heterocycles. The number of hydrogen-bond acceptors (Lipinski definition) is 3. The standard InChI is InChI=1S/C11H20N2O2/c1-3-13-8-7-12-11(13)10(14)6-5-9-15-4-2/h7-8,10,14H,3-6,9H2,1-2H3. The largest absolute Gasteiger partial charge is 0.385 e. The molecule has 0 aliphatic carbocycles. The highest BCUT2D eigenvalue weighted by atomic mass is 16.5. The van der Waals surface area contributed by atoms with E-state index in [1.165, 1.54) is 0 Å². The zero-order chi connectivity index (χ0) is 11.1. The third-order valence-electron chi connectivity index (χ3n) is 2.36. The molecule has 0 aliphatic rings. The Bertz CT molecular complexity index is 273. The molecule has 86 valence electrons. The van der Waals surface area contributed by atoms with Crippen LogP contribution in [0.4, 0.5) is 0 Å². The van der Waals surface area contributed by atoms with Gasteiger partial charge in [0.05, 0.1) is 0 Å². The van der Waals surface area contributed by atoms with Gasteiger partial charge in [-0.2, -0.15) is 0 Å². The summed E-state index contributed by atoms with van der Waals surface area (Å²) >= 11 is 0. The van der Waals surface area contributed by atoms with Crippen LogP contribution in [0.1, 0.15) is 38.6 Å². The number of imidazole rings is 1. The first kappa shape index (κ1) is 12.2. The molecule has 0 saturated heterocycles. The maximum atomic E-state index is 9.88. The fraction of sp³-hybridized carbons (Fsp3) is 0.727. The van der Waals surface area contributed by atoms with Gasteiger partial charge in [0, 0.05) is 32.2 Å². The van der Waals surface area contributed by atoms with Crippen molar-refractivity contribution in [3.8, 4) is 0 Å². The van der Waals surface area contributed by atoms with Gasteiger partial charge >= 0.3 is 0 Å². The average molecular weight is 212 g/mol. The van der Waals surface area contributed by atoms with Crippen LogP contribution >= 0.6 is 0 Å². The first-order valence-corrected chi connectivity index (χ1v) is 5.56. The molecule has 1 N–H and O–H groups in total.